The summed E-state index contributed by atoms with van der Waals surface area (Å²) in [6.07, 6.45) is 4.22. The summed E-state index contributed by atoms with van der Waals surface area (Å²) in [6, 6.07) is 10.2. The summed E-state index contributed by atoms with van der Waals surface area (Å²) in [5.74, 6) is 3.00. The standard InChI is InChI=1S/C24H26N4O2S/c1-15-12-16(13-22(29)28-8-10-31-11-9-28)2-5-18(15)20-14-21(27-24(30)17-3-4-17)26-23-19(20)6-7-25-23/h2,5-7,12,14,17H,3-4,8-11,13H2,1H3,(H2,25,26,27,30). The van der Waals surface area contributed by atoms with Crippen LogP contribution in [0.5, 0.6) is 0 Å². The minimum atomic E-state index is 0.0473. The number of aromatic amines is 1. The number of aromatic nitrogens is 2. The third kappa shape index (κ3) is 4.32. The molecule has 1 aliphatic carbocycles. The maximum atomic E-state index is 12.6. The van der Waals surface area contributed by atoms with Crippen molar-refractivity contribution in [1.82, 2.24) is 14.9 Å². The molecule has 3 aromatic rings. The Labute approximate surface area is 185 Å². The van der Waals surface area contributed by atoms with Gasteiger partial charge in [-0.2, -0.15) is 11.8 Å². The number of nitrogens with one attached hydrogen (secondary N) is 2. The van der Waals surface area contributed by atoms with Crippen LogP contribution in [0.2, 0.25) is 0 Å². The normalized spacial score (nSPS) is 16.5. The van der Waals surface area contributed by atoms with Crippen molar-refractivity contribution in [2.24, 2.45) is 5.92 Å². The number of anilines is 1. The van der Waals surface area contributed by atoms with Crippen molar-refractivity contribution < 1.29 is 9.59 Å². The molecule has 1 saturated heterocycles. The summed E-state index contributed by atoms with van der Waals surface area (Å²) in [6.45, 7) is 3.76. The van der Waals surface area contributed by atoms with Crippen molar-refractivity contribution in [2.45, 2.75) is 26.2 Å². The van der Waals surface area contributed by atoms with E-state index in [9.17, 15) is 9.59 Å². The van der Waals surface area contributed by atoms with E-state index in [0.717, 1.165) is 70.7 Å². The van der Waals surface area contributed by atoms with E-state index in [-0.39, 0.29) is 17.7 Å². The van der Waals surface area contributed by atoms with E-state index in [0.29, 0.717) is 12.2 Å². The van der Waals surface area contributed by atoms with E-state index in [1.807, 2.05) is 41.1 Å². The van der Waals surface area contributed by atoms with Gasteiger partial charge < -0.3 is 15.2 Å². The molecule has 7 heteroatoms. The van der Waals surface area contributed by atoms with Crippen molar-refractivity contribution in [3.8, 4) is 11.1 Å². The van der Waals surface area contributed by atoms with Gasteiger partial charge in [0.15, 0.2) is 0 Å². The minimum Gasteiger partial charge on any atom is -0.346 e. The Balaban J connectivity index is 1.42. The van der Waals surface area contributed by atoms with Crippen LogP contribution in [0.15, 0.2) is 36.5 Å². The highest BCUT2D eigenvalue weighted by atomic mass is 32.2. The number of fused-ring (bicyclic) bond motifs is 1. The maximum Gasteiger partial charge on any atom is 0.228 e. The van der Waals surface area contributed by atoms with Gasteiger partial charge in [-0.1, -0.05) is 18.2 Å². The zero-order valence-electron chi connectivity index (χ0n) is 17.6. The minimum absolute atomic E-state index is 0.0473. The Morgan fingerprint density at radius 1 is 1.16 bits per heavy atom. The summed E-state index contributed by atoms with van der Waals surface area (Å²) in [5, 5.41) is 3.98. The number of hydrogen-bond acceptors (Lipinski definition) is 4. The van der Waals surface area contributed by atoms with Crippen molar-refractivity contribution in [3.05, 3.63) is 47.7 Å². The molecule has 0 spiro atoms. The first kappa shape index (κ1) is 20.1. The molecule has 2 amide bonds. The van der Waals surface area contributed by atoms with E-state index in [4.69, 9.17) is 0 Å². The van der Waals surface area contributed by atoms with E-state index in [2.05, 4.69) is 34.3 Å². The highest BCUT2D eigenvalue weighted by molar-refractivity contribution is 7.99. The van der Waals surface area contributed by atoms with Crippen molar-refractivity contribution in [2.75, 3.05) is 29.9 Å². The molecule has 2 aromatic heterocycles. The van der Waals surface area contributed by atoms with Crippen LogP contribution in [0.25, 0.3) is 22.2 Å². The second kappa shape index (κ2) is 8.38. The van der Waals surface area contributed by atoms with Crippen LogP contribution in [0.4, 0.5) is 5.82 Å². The number of thioether (sulfide) groups is 1. The Bertz CT molecular complexity index is 1150. The van der Waals surface area contributed by atoms with E-state index < -0.39 is 0 Å². The summed E-state index contributed by atoms with van der Waals surface area (Å²) < 4.78 is 0. The molecular weight excluding hydrogens is 408 g/mol. The van der Waals surface area contributed by atoms with Gasteiger partial charge in [0.25, 0.3) is 0 Å². The number of pyridine rings is 1. The van der Waals surface area contributed by atoms with Gasteiger partial charge >= 0.3 is 0 Å². The van der Waals surface area contributed by atoms with Gasteiger partial charge in [-0.05, 0) is 54.2 Å². The number of benzene rings is 1. The average Bonchev–Trinajstić information content (AvgIpc) is 3.52. The monoisotopic (exact) mass is 434 g/mol. The second-order valence-corrected chi connectivity index (χ2v) is 9.60. The fourth-order valence-electron chi connectivity index (χ4n) is 4.14. The maximum absolute atomic E-state index is 12.6. The van der Waals surface area contributed by atoms with Crippen molar-refractivity contribution in [1.29, 1.82) is 0 Å². The number of nitrogens with zero attached hydrogens (tertiary/aromatic N) is 2. The largest absolute Gasteiger partial charge is 0.346 e. The predicted molar refractivity (Wildman–Crippen MR) is 125 cm³/mol. The molecule has 1 aliphatic heterocycles. The average molecular weight is 435 g/mol. The SMILES string of the molecule is Cc1cc(CC(=O)N2CCSCC2)ccc1-c1cc(NC(=O)C2CC2)nc2[nH]ccc12. The number of amides is 2. The van der Waals surface area contributed by atoms with Crippen LogP contribution in [-0.2, 0) is 16.0 Å². The molecule has 160 valence electrons. The quantitative estimate of drug-likeness (QED) is 0.636. The van der Waals surface area contributed by atoms with Crippen LogP contribution in [0, 0.1) is 12.8 Å². The van der Waals surface area contributed by atoms with E-state index >= 15 is 0 Å². The van der Waals surface area contributed by atoms with E-state index in [1.54, 1.807) is 0 Å². The molecule has 31 heavy (non-hydrogen) atoms. The van der Waals surface area contributed by atoms with Gasteiger partial charge in [0, 0.05) is 42.1 Å². The zero-order chi connectivity index (χ0) is 21.4. The molecule has 0 unspecified atom stereocenters. The number of hydrogen-bond donors (Lipinski definition) is 2. The Hall–Kier alpha value is -2.80. The number of aryl methyl sites for hydroxylation is 1. The fraction of sp³-hybridized carbons (Fsp3) is 0.375. The van der Waals surface area contributed by atoms with Crippen LogP contribution in [0.1, 0.15) is 24.0 Å². The number of rotatable bonds is 5. The molecule has 1 saturated carbocycles. The van der Waals surface area contributed by atoms with Gasteiger partial charge in [-0.3, -0.25) is 9.59 Å². The predicted octanol–water partition coefficient (Wildman–Crippen LogP) is 4.00. The third-order valence-electron chi connectivity index (χ3n) is 6.03. The third-order valence-corrected chi connectivity index (χ3v) is 6.97. The first-order valence-electron chi connectivity index (χ1n) is 10.8. The van der Waals surface area contributed by atoms with Gasteiger partial charge in [0.2, 0.25) is 11.8 Å². The summed E-state index contributed by atoms with van der Waals surface area (Å²) in [4.78, 5) is 34.6. The molecule has 3 heterocycles. The molecular formula is C24H26N4O2S. The van der Waals surface area contributed by atoms with Crippen LogP contribution in [0.3, 0.4) is 0 Å². The highest BCUT2D eigenvalue weighted by Crippen LogP contribution is 2.34. The number of H-pyrrole nitrogens is 1. The first-order chi connectivity index (χ1) is 15.1. The molecule has 2 aliphatic rings. The molecule has 0 radical (unpaired) electrons. The lowest BCUT2D eigenvalue weighted by atomic mass is 9.96. The molecule has 2 fully saturated rings. The fourth-order valence-corrected chi connectivity index (χ4v) is 5.04. The van der Waals surface area contributed by atoms with Gasteiger partial charge in [-0.15, -0.1) is 0 Å². The molecule has 5 rings (SSSR count). The van der Waals surface area contributed by atoms with Crippen LogP contribution < -0.4 is 5.32 Å². The molecule has 2 N–H and O–H groups in total. The van der Waals surface area contributed by atoms with E-state index in [1.165, 1.54) is 0 Å². The summed E-state index contributed by atoms with van der Waals surface area (Å²) in [7, 11) is 0. The molecule has 6 nitrogen and oxygen atoms in total. The van der Waals surface area contributed by atoms with Gasteiger partial charge in [0.1, 0.15) is 11.5 Å². The lowest BCUT2D eigenvalue weighted by Crippen LogP contribution is -2.38. The number of carbonyl (C=O) groups excluding carboxylic acids is 2. The van der Waals surface area contributed by atoms with Crippen molar-refractivity contribution in [3.63, 3.8) is 0 Å². The first-order valence-corrected chi connectivity index (χ1v) is 12.0. The van der Waals surface area contributed by atoms with Gasteiger partial charge in [0.05, 0.1) is 6.42 Å². The second-order valence-electron chi connectivity index (χ2n) is 8.38. The lowest BCUT2D eigenvalue weighted by Gasteiger charge is -2.26. The van der Waals surface area contributed by atoms with Crippen LogP contribution in [-0.4, -0.2) is 51.3 Å². The summed E-state index contributed by atoms with van der Waals surface area (Å²) >= 11 is 1.91. The molecule has 0 bridgehead atoms. The lowest BCUT2D eigenvalue weighted by molar-refractivity contribution is -0.130. The smallest absolute Gasteiger partial charge is 0.228 e. The Morgan fingerprint density at radius 3 is 2.71 bits per heavy atom. The number of carbonyl (C=O) groups is 2. The van der Waals surface area contributed by atoms with Gasteiger partial charge in [-0.25, -0.2) is 4.98 Å². The summed E-state index contributed by atoms with van der Waals surface area (Å²) in [5.41, 5.74) is 5.00. The highest BCUT2D eigenvalue weighted by Gasteiger charge is 2.30. The van der Waals surface area contributed by atoms with Crippen LogP contribution >= 0.6 is 11.8 Å². The molecule has 1 aromatic carbocycles. The zero-order valence-corrected chi connectivity index (χ0v) is 18.4. The molecule has 0 atom stereocenters. The Kier molecular flexibility index (Phi) is 5.44. The topological polar surface area (TPSA) is 78.1 Å². The Morgan fingerprint density at radius 2 is 1.97 bits per heavy atom. The van der Waals surface area contributed by atoms with Crippen molar-refractivity contribution >= 4 is 40.4 Å².